The third-order valence-corrected chi connectivity index (χ3v) is 3.85. The van der Waals surface area contributed by atoms with Crippen molar-refractivity contribution in [2.24, 2.45) is 5.73 Å². The van der Waals surface area contributed by atoms with E-state index in [0.29, 0.717) is 6.54 Å². The Morgan fingerprint density at radius 3 is 2.60 bits per heavy atom. The van der Waals surface area contributed by atoms with Crippen LogP contribution in [0.15, 0.2) is 18.2 Å². The Kier molecular flexibility index (Phi) is 5.46. The first kappa shape index (κ1) is 15.4. The fourth-order valence-electron chi connectivity index (χ4n) is 2.75. The molecule has 0 bridgehead atoms. The van der Waals surface area contributed by atoms with Crippen LogP contribution in [-0.2, 0) is 4.74 Å². The maximum absolute atomic E-state index is 13.9. The molecule has 1 aliphatic rings. The molecule has 0 aromatic heterocycles. The number of halogens is 2. The molecule has 2 atom stereocenters. The smallest absolute Gasteiger partial charge is 0.130 e. The van der Waals surface area contributed by atoms with Gasteiger partial charge in [0.15, 0.2) is 0 Å². The van der Waals surface area contributed by atoms with Crippen LogP contribution in [-0.4, -0.2) is 37.7 Å². The van der Waals surface area contributed by atoms with E-state index in [4.69, 9.17) is 10.5 Å². The average molecular weight is 284 g/mol. The quantitative estimate of drug-likeness (QED) is 0.902. The highest BCUT2D eigenvalue weighted by Gasteiger charge is 2.25. The van der Waals surface area contributed by atoms with Crippen molar-refractivity contribution in [3.8, 4) is 0 Å². The molecule has 5 heteroatoms. The fourth-order valence-corrected chi connectivity index (χ4v) is 2.75. The summed E-state index contributed by atoms with van der Waals surface area (Å²) < 4.78 is 33.4. The van der Waals surface area contributed by atoms with E-state index in [1.165, 1.54) is 18.2 Å². The Labute approximate surface area is 118 Å². The molecule has 1 saturated heterocycles. The van der Waals surface area contributed by atoms with Gasteiger partial charge in [-0.1, -0.05) is 6.07 Å². The summed E-state index contributed by atoms with van der Waals surface area (Å²) in [4.78, 5) is 1.89. The van der Waals surface area contributed by atoms with E-state index in [0.717, 1.165) is 25.9 Å². The van der Waals surface area contributed by atoms with Crippen LogP contribution in [0.4, 0.5) is 8.78 Å². The van der Waals surface area contributed by atoms with Gasteiger partial charge in [-0.2, -0.15) is 0 Å². The van der Waals surface area contributed by atoms with Crippen molar-refractivity contribution in [1.29, 1.82) is 0 Å². The van der Waals surface area contributed by atoms with Gasteiger partial charge in [0.2, 0.25) is 0 Å². The molecule has 20 heavy (non-hydrogen) atoms. The van der Waals surface area contributed by atoms with Crippen molar-refractivity contribution in [2.75, 3.05) is 26.7 Å². The summed E-state index contributed by atoms with van der Waals surface area (Å²) in [7, 11) is 1.83. The number of likely N-dealkylation sites (N-methyl/N-ethyl adjacent to an activating group) is 1. The van der Waals surface area contributed by atoms with Gasteiger partial charge in [0.25, 0.3) is 0 Å². The predicted molar refractivity (Wildman–Crippen MR) is 74.4 cm³/mol. The minimum Gasteiger partial charge on any atom is -0.377 e. The minimum atomic E-state index is -0.545. The second-order valence-corrected chi connectivity index (χ2v) is 5.31. The van der Waals surface area contributed by atoms with E-state index in [-0.39, 0.29) is 18.2 Å². The molecule has 0 saturated carbocycles. The largest absolute Gasteiger partial charge is 0.377 e. The molecule has 0 spiro atoms. The summed E-state index contributed by atoms with van der Waals surface area (Å²) in [5.74, 6) is -1.09. The van der Waals surface area contributed by atoms with Crippen molar-refractivity contribution in [3.05, 3.63) is 35.4 Å². The van der Waals surface area contributed by atoms with Gasteiger partial charge in [-0.05, 0) is 38.4 Å². The van der Waals surface area contributed by atoms with Crippen LogP contribution in [0.2, 0.25) is 0 Å². The number of hydrogen-bond donors (Lipinski definition) is 1. The number of rotatable bonds is 5. The third kappa shape index (κ3) is 3.53. The van der Waals surface area contributed by atoms with Gasteiger partial charge in [0.05, 0.1) is 12.1 Å². The van der Waals surface area contributed by atoms with Crippen LogP contribution in [0.5, 0.6) is 0 Å². The molecule has 2 N–H and O–H groups in total. The van der Waals surface area contributed by atoms with Crippen molar-refractivity contribution in [3.63, 3.8) is 0 Å². The second-order valence-electron chi connectivity index (χ2n) is 5.31. The zero-order chi connectivity index (χ0) is 14.5. The molecule has 1 aromatic carbocycles. The molecular weight excluding hydrogens is 262 g/mol. The number of hydrogen-bond acceptors (Lipinski definition) is 3. The first-order valence-corrected chi connectivity index (χ1v) is 7.09. The summed E-state index contributed by atoms with van der Waals surface area (Å²) >= 11 is 0. The van der Waals surface area contributed by atoms with Crippen molar-refractivity contribution < 1.29 is 13.5 Å². The molecular formula is C15H22F2N2O. The predicted octanol–water partition coefficient (Wildman–Crippen LogP) is 2.47. The van der Waals surface area contributed by atoms with Gasteiger partial charge in [-0.15, -0.1) is 0 Å². The molecule has 112 valence electrons. The van der Waals surface area contributed by atoms with Crippen LogP contribution in [0.25, 0.3) is 0 Å². The van der Waals surface area contributed by atoms with E-state index in [1.54, 1.807) is 0 Å². The zero-order valence-corrected chi connectivity index (χ0v) is 11.8. The van der Waals surface area contributed by atoms with Gasteiger partial charge in [-0.25, -0.2) is 8.78 Å². The molecule has 1 heterocycles. The highest BCUT2D eigenvalue weighted by molar-refractivity contribution is 5.23. The Bertz CT molecular complexity index is 416. The Balaban J connectivity index is 2.10. The van der Waals surface area contributed by atoms with Crippen LogP contribution in [0, 0.1) is 11.6 Å². The summed E-state index contributed by atoms with van der Waals surface area (Å²) in [5, 5.41) is 0. The van der Waals surface area contributed by atoms with Gasteiger partial charge in [0, 0.05) is 25.3 Å². The van der Waals surface area contributed by atoms with Gasteiger partial charge in [-0.3, -0.25) is 4.90 Å². The number of nitrogens with zero attached hydrogens (tertiary/aromatic N) is 1. The number of ether oxygens (including phenoxy) is 1. The molecule has 1 aliphatic heterocycles. The monoisotopic (exact) mass is 284 g/mol. The lowest BCUT2D eigenvalue weighted by Crippen LogP contribution is -2.39. The molecule has 2 unspecified atom stereocenters. The number of nitrogens with two attached hydrogens (primary N) is 1. The van der Waals surface area contributed by atoms with Crippen molar-refractivity contribution in [1.82, 2.24) is 4.90 Å². The highest BCUT2D eigenvalue weighted by Crippen LogP contribution is 2.25. The Hall–Kier alpha value is -1.04. The van der Waals surface area contributed by atoms with E-state index in [2.05, 4.69) is 0 Å². The maximum atomic E-state index is 13.9. The molecule has 0 aliphatic carbocycles. The summed E-state index contributed by atoms with van der Waals surface area (Å²) in [6, 6.07) is 3.44. The van der Waals surface area contributed by atoms with Crippen LogP contribution in [0.1, 0.15) is 30.9 Å². The van der Waals surface area contributed by atoms with Crippen LogP contribution < -0.4 is 5.73 Å². The molecule has 3 nitrogen and oxygen atoms in total. The number of benzene rings is 1. The normalized spacial score (nSPS) is 21.1. The zero-order valence-electron chi connectivity index (χ0n) is 11.8. The SMILES string of the molecule is CN(CC1CCCCO1)C(CN)c1c(F)cccc1F. The van der Waals surface area contributed by atoms with Crippen molar-refractivity contribution in [2.45, 2.75) is 31.4 Å². The average Bonchev–Trinajstić information content (AvgIpc) is 2.44. The first-order chi connectivity index (χ1) is 9.63. The first-order valence-electron chi connectivity index (χ1n) is 7.09. The summed E-state index contributed by atoms with van der Waals surface area (Å²) in [6.07, 6.45) is 3.33. The minimum absolute atomic E-state index is 0.0494. The lowest BCUT2D eigenvalue weighted by molar-refractivity contribution is -0.00824. The Morgan fingerprint density at radius 2 is 2.05 bits per heavy atom. The summed E-state index contributed by atoms with van der Waals surface area (Å²) in [5.41, 5.74) is 5.78. The van der Waals surface area contributed by atoms with Gasteiger partial charge < -0.3 is 10.5 Å². The fraction of sp³-hybridized carbons (Fsp3) is 0.600. The third-order valence-electron chi connectivity index (χ3n) is 3.85. The highest BCUT2D eigenvalue weighted by atomic mass is 19.1. The van der Waals surface area contributed by atoms with Gasteiger partial charge >= 0.3 is 0 Å². The standard InChI is InChI=1S/C15H22F2N2O/c1-19(10-11-5-2-3-8-20-11)14(9-18)15-12(16)6-4-7-13(15)17/h4,6-7,11,14H,2-3,5,8-10,18H2,1H3. The molecule has 1 aromatic rings. The van der Waals surface area contributed by atoms with E-state index < -0.39 is 17.7 Å². The van der Waals surface area contributed by atoms with E-state index >= 15 is 0 Å². The molecule has 1 fully saturated rings. The molecule has 0 radical (unpaired) electrons. The van der Waals surface area contributed by atoms with E-state index in [1.807, 2.05) is 11.9 Å². The van der Waals surface area contributed by atoms with E-state index in [9.17, 15) is 8.78 Å². The Morgan fingerprint density at radius 1 is 1.35 bits per heavy atom. The van der Waals surface area contributed by atoms with Crippen LogP contribution >= 0.6 is 0 Å². The maximum Gasteiger partial charge on any atom is 0.130 e. The lowest BCUT2D eigenvalue weighted by atomic mass is 10.0. The van der Waals surface area contributed by atoms with Crippen LogP contribution in [0.3, 0.4) is 0 Å². The molecule has 0 amide bonds. The summed E-state index contributed by atoms with van der Waals surface area (Å²) in [6.45, 7) is 1.57. The topological polar surface area (TPSA) is 38.5 Å². The lowest BCUT2D eigenvalue weighted by Gasteiger charge is -2.32. The second kappa shape index (κ2) is 7.11. The van der Waals surface area contributed by atoms with Crippen molar-refractivity contribution >= 4 is 0 Å². The molecule has 2 rings (SSSR count). The van der Waals surface area contributed by atoms with Gasteiger partial charge in [0.1, 0.15) is 11.6 Å².